The van der Waals surface area contributed by atoms with Crippen molar-refractivity contribution in [2.45, 2.75) is 77.7 Å². The number of hydrogen-bond acceptors (Lipinski definition) is 4. The van der Waals surface area contributed by atoms with Gasteiger partial charge >= 0.3 is 11.9 Å². The molecule has 0 aromatic heterocycles. The Hall–Kier alpha value is -1.32. The predicted octanol–water partition coefficient (Wildman–Crippen LogP) is 4.18. The zero-order valence-electron chi connectivity index (χ0n) is 14.0. The average molecular weight is 310 g/mol. The van der Waals surface area contributed by atoms with Gasteiger partial charge in [-0.2, -0.15) is 0 Å². The van der Waals surface area contributed by atoms with E-state index in [1.54, 1.807) is 0 Å². The molecule has 4 heteroatoms. The lowest BCUT2D eigenvalue weighted by molar-refractivity contribution is -0.143. The Labute approximate surface area is 134 Å². The van der Waals surface area contributed by atoms with Gasteiger partial charge in [0.15, 0.2) is 0 Å². The topological polar surface area (TPSA) is 52.6 Å². The van der Waals surface area contributed by atoms with E-state index in [4.69, 9.17) is 9.47 Å². The maximum absolute atomic E-state index is 11.6. The Morgan fingerprint density at radius 1 is 1.14 bits per heavy atom. The van der Waals surface area contributed by atoms with Crippen molar-refractivity contribution in [2.75, 3.05) is 6.61 Å². The molecule has 0 saturated heterocycles. The molecule has 1 aliphatic carbocycles. The highest BCUT2D eigenvalue weighted by Gasteiger charge is 2.15. The summed E-state index contributed by atoms with van der Waals surface area (Å²) in [6.07, 6.45) is 12.7. The van der Waals surface area contributed by atoms with E-state index in [1.165, 1.54) is 32.1 Å². The quantitative estimate of drug-likeness (QED) is 0.364. The summed E-state index contributed by atoms with van der Waals surface area (Å²) in [4.78, 5) is 22.9. The van der Waals surface area contributed by atoms with Crippen LogP contribution in [0.4, 0.5) is 0 Å². The predicted molar refractivity (Wildman–Crippen MR) is 86.4 cm³/mol. The number of esters is 2. The second kappa shape index (κ2) is 11.3. The lowest BCUT2D eigenvalue weighted by Gasteiger charge is -2.22. The van der Waals surface area contributed by atoms with Crippen molar-refractivity contribution >= 4 is 11.9 Å². The molecule has 0 spiro atoms. The molecule has 0 N–H and O–H groups in total. The normalized spacial score (nSPS) is 17.4. The second-order valence-electron chi connectivity index (χ2n) is 6.18. The van der Waals surface area contributed by atoms with Crippen LogP contribution in [0.5, 0.6) is 0 Å². The fraction of sp³-hybridized carbons (Fsp3) is 0.778. The summed E-state index contributed by atoms with van der Waals surface area (Å²) >= 11 is 0. The van der Waals surface area contributed by atoms with Gasteiger partial charge < -0.3 is 9.47 Å². The summed E-state index contributed by atoms with van der Waals surface area (Å²) in [5.74, 6) is -0.164. The van der Waals surface area contributed by atoms with Crippen molar-refractivity contribution in [1.29, 1.82) is 0 Å². The molecule has 0 aliphatic heterocycles. The van der Waals surface area contributed by atoms with Crippen LogP contribution in [-0.2, 0) is 19.1 Å². The van der Waals surface area contributed by atoms with E-state index < -0.39 is 11.9 Å². The first-order chi connectivity index (χ1) is 10.6. The van der Waals surface area contributed by atoms with Crippen LogP contribution in [0, 0.1) is 5.92 Å². The molecule has 0 radical (unpaired) electrons. The minimum absolute atomic E-state index is 0.102. The molecule has 0 aromatic rings. The zero-order valence-corrected chi connectivity index (χ0v) is 14.0. The molecule has 4 nitrogen and oxygen atoms in total. The van der Waals surface area contributed by atoms with Gasteiger partial charge in [0.2, 0.25) is 0 Å². The first-order valence-corrected chi connectivity index (χ1v) is 8.67. The van der Waals surface area contributed by atoms with Crippen LogP contribution in [0.2, 0.25) is 0 Å². The molecule has 1 unspecified atom stereocenters. The minimum atomic E-state index is -0.486. The molecular weight excluding hydrogens is 280 g/mol. The van der Waals surface area contributed by atoms with Gasteiger partial charge in [-0.3, -0.25) is 0 Å². The molecule has 0 heterocycles. The van der Waals surface area contributed by atoms with Crippen molar-refractivity contribution in [3.63, 3.8) is 0 Å². The highest BCUT2D eigenvalue weighted by atomic mass is 16.5. The monoisotopic (exact) mass is 310 g/mol. The maximum atomic E-state index is 11.6. The van der Waals surface area contributed by atoms with E-state index in [9.17, 15) is 9.59 Å². The van der Waals surface area contributed by atoms with Crippen LogP contribution in [0.15, 0.2) is 12.2 Å². The van der Waals surface area contributed by atoms with Crippen molar-refractivity contribution in [2.24, 2.45) is 5.92 Å². The number of carbonyl (C=O) groups excluding carboxylic acids is 2. The molecule has 1 aliphatic rings. The Kier molecular flexibility index (Phi) is 9.60. The van der Waals surface area contributed by atoms with Gasteiger partial charge in [0, 0.05) is 12.2 Å². The Bertz CT molecular complexity index is 356. The van der Waals surface area contributed by atoms with Crippen molar-refractivity contribution in [3.8, 4) is 0 Å². The molecule has 0 aromatic carbocycles. The average Bonchev–Trinajstić information content (AvgIpc) is 2.52. The van der Waals surface area contributed by atoms with Gasteiger partial charge in [0.05, 0.1) is 12.7 Å². The highest BCUT2D eigenvalue weighted by Crippen LogP contribution is 2.27. The summed E-state index contributed by atoms with van der Waals surface area (Å²) in [6, 6.07) is 0. The molecule has 0 amide bonds. The van der Waals surface area contributed by atoms with E-state index in [1.807, 2.05) is 13.8 Å². The maximum Gasteiger partial charge on any atom is 0.331 e. The van der Waals surface area contributed by atoms with Crippen molar-refractivity contribution in [3.05, 3.63) is 12.2 Å². The van der Waals surface area contributed by atoms with Gasteiger partial charge in [0.1, 0.15) is 0 Å². The number of unbranched alkanes of at least 4 members (excludes halogenated alkanes) is 1. The molecular formula is C18H30O4. The summed E-state index contributed by atoms with van der Waals surface area (Å²) in [7, 11) is 0. The lowest BCUT2D eigenvalue weighted by Crippen LogP contribution is -2.16. The van der Waals surface area contributed by atoms with Gasteiger partial charge in [-0.05, 0) is 32.1 Å². The molecule has 1 saturated carbocycles. The largest absolute Gasteiger partial charge is 0.463 e. The molecule has 1 fully saturated rings. The fourth-order valence-electron chi connectivity index (χ4n) is 2.74. The first-order valence-electron chi connectivity index (χ1n) is 8.67. The van der Waals surface area contributed by atoms with E-state index >= 15 is 0 Å². The molecule has 1 rings (SSSR count). The second-order valence-corrected chi connectivity index (χ2v) is 6.18. The summed E-state index contributed by atoms with van der Waals surface area (Å²) in [6.45, 7) is 4.33. The Morgan fingerprint density at radius 3 is 2.50 bits per heavy atom. The molecule has 1 atom stereocenters. The number of rotatable bonds is 9. The van der Waals surface area contributed by atoms with Crippen molar-refractivity contribution < 1.29 is 19.1 Å². The van der Waals surface area contributed by atoms with Crippen molar-refractivity contribution in [1.82, 2.24) is 0 Å². The summed E-state index contributed by atoms with van der Waals surface area (Å²) in [5, 5.41) is 0. The van der Waals surface area contributed by atoms with Crippen LogP contribution in [0.25, 0.3) is 0 Å². The van der Waals surface area contributed by atoms with Crippen LogP contribution < -0.4 is 0 Å². The van der Waals surface area contributed by atoms with Gasteiger partial charge in [-0.25, -0.2) is 9.59 Å². The highest BCUT2D eigenvalue weighted by molar-refractivity contribution is 5.91. The molecule has 0 bridgehead atoms. The summed E-state index contributed by atoms with van der Waals surface area (Å²) in [5.41, 5.74) is 0. The Morgan fingerprint density at radius 2 is 1.82 bits per heavy atom. The standard InChI is InChI=1S/C18H30O4/c1-3-4-14-21-17(19)12-13-18(20)22-15(2)10-11-16-8-6-5-7-9-16/h12-13,15-16H,3-11,14H2,1-2H3/b13-12-. The third-order valence-corrected chi connectivity index (χ3v) is 4.12. The fourth-order valence-corrected chi connectivity index (χ4v) is 2.74. The smallest absolute Gasteiger partial charge is 0.331 e. The first kappa shape index (κ1) is 18.7. The lowest BCUT2D eigenvalue weighted by atomic mass is 9.85. The number of ether oxygens (including phenoxy) is 2. The van der Waals surface area contributed by atoms with E-state index in [0.29, 0.717) is 6.61 Å². The SMILES string of the molecule is CCCCOC(=O)/C=C\C(=O)OC(C)CCC1CCCCC1. The molecule has 22 heavy (non-hydrogen) atoms. The van der Waals surface area contributed by atoms with Crippen LogP contribution in [-0.4, -0.2) is 24.6 Å². The van der Waals surface area contributed by atoms with Crippen LogP contribution in [0.1, 0.15) is 71.6 Å². The van der Waals surface area contributed by atoms with E-state index in [-0.39, 0.29) is 6.10 Å². The summed E-state index contributed by atoms with van der Waals surface area (Å²) < 4.78 is 10.2. The van der Waals surface area contributed by atoms with E-state index in [0.717, 1.165) is 43.8 Å². The van der Waals surface area contributed by atoms with Gasteiger partial charge in [-0.1, -0.05) is 45.4 Å². The van der Waals surface area contributed by atoms with E-state index in [2.05, 4.69) is 0 Å². The third kappa shape index (κ3) is 8.85. The molecule has 126 valence electrons. The number of hydrogen-bond donors (Lipinski definition) is 0. The van der Waals surface area contributed by atoms with Gasteiger partial charge in [0.25, 0.3) is 0 Å². The zero-order chi connectivity index (χ0) is 16.2. The third-order valence-electron chi connectivity index (χ3n) is 4.12. The Balaban J connectivity index is 2.15. The minimum Gasteiger partial charge on any atom is -0.463 e. The van der Waals surface area contributed by atoms with Crippen LogP contribution >= 0.6 is 0 Å². The van der Waals surface area contributed by atoms with Gasteiger partial charge in [-0.15, -0.1) is 0 Å². The number of carbonyl (C=O) groups is 2. The van der Waals surface area contributed by atoms with Crippen LogP contribution in [0.3, 0.4) is 0 Å².